The Balaban J connectivity index is 1.77. The van der Waals surface area contributed by atoms with Crippen LogP contribution >= 0.6 is 0 Å². The van der Waals surface area contributed by atoms with E-state index in [0.29, 0.717) is 5.41 Å². The molecule has 0 aromatic heterocycles. The molecule has 0 aromatic rings. The van der Waals surface area contributed by atoms with E-state index in [-0.39, 0.29) is 0 Å². The Morgan fingerprint density at radius 3 is 2.43 bits per heavy atom. The van der Waals surface area contributed by atoms with E-state index in [2.05, 4.69) is 11.8 Å². The summed E-state index contributed by atoms with van der Waals surface area (Å²) in [6, 6.07) is 0. The van der Waals surface area contributed by atoms with Gasteiger partial charge in [-0.05, 0) is 38.9 Å². The van der Waals surface area contributed by atoms with Gasteiger partial charge in [0.15, 0.2) is 0 Å². The summed E-state index contributed by atoms with van der Waals surface area (Å²) >= 11 is 0. The summed E-state index contributed by atoms with van der Waals surface area (Å²) in [5, 5.41) is 0. The number of rotatable bonds is 3. The molecule has 2 fully saturated rings. The summed E-state index contributed by atoms with van der Waals surface area (Å²) in [5.41, 5.74) is 0.505. The van der Waals surface area contributed by atoms with Gasteiger partial charge in [0.2, 0.25) is 6.41 Å². The molecule has 3 nitrogen and oxygen atoms in total. The van der Waals surface area contributed by atoms with Crippen LogP contribution in [0.2, 0.25) is 0 Å². The Kier molecular flexibility index (Phi) is 2.77. The molecular weight excluding hydrogens is 176 g/mol. The van der Waals surface area contributed by atoms with Gasteiger partial charge >= 0.3 is 0 Å². The van der Waals surface area contributed by atoms with E-state index in [0.717, 1.165) is 19.5 Å². The van der Waals surface area contributed by atoms with Crippen LogP contribution in [0.15, 0.2) is 0 Å². The Bertz CT molecular complexity index is 201. The largest absolute Gasteiger partial charge is 0.344 e. The van der Waals surface area contributed by atoms with Crippen molar-refractivity contribution in [3.05, 3.63) is 0 Å². The maximum absolute atomic E-state index is 10.5. The molecule has 0 unspecified atom stereocenters. The monoisotopic (exact) mass is 196 g/mol. The minimum Gasteiger partial charge on any atom is -0.344 e. The van der Waals surface area contributed by atoms with Gasteiger partial charge in [-0.2, -0.15) is 0 Å². The van der Waals surface area contributed by atoms with Gasteiger partial charge in [-0.3, -0.25) is 4.79 Å². The standard InChI is InChI=1S/C11H20N2O/c1-2-5-12-6-3-11(4-7-12)8-13(9-11)10-14/h10H,2-9H2,1H3. The molecular formula is C11H20N2O. The normalized spacial score (nSPS) is 26.2. The number of hydrogen-bond acceptors (Lipinski definition) is 2. The number of nitrogens with zero attached hydrogens (tertiary/aromatic N) is 2. The molecule has 2 saturated heterocycles. The van der Waals surface area contributed by atoms with Crippen molar-refractivity contribution in [2.24, 2.45) is 5.41 Å². The van der Waals surface area contributed by atoms with Crippen molar-refractivity contribution >= 4 is 6.41 Å². The van der Waals surface area contributed by atoms with Crippen molar-refractivity contribution in [3.63, 3.8) is 0 Å². The molecule has 0 radical (unpaired) electrons. The van der Waals surface area contributed by atoms with E-state index in [9.17, 15) is 4.79 Å². The van der Waals surface area contributed by atoms with Crippen molar-refractivity contribution < 1.29 is 4.79 Å². The highest BCUT2D eigenvalue weighted by molar-refractivity contribution is 5.49. The molecule has 0 aliphatic carbocycles. The van der Waals surface area contributed by atoms with E-state index in [1.807, 2.05) is 4.90 Å². The van der Waals surface area contributed by atoms with Gasteiger partial charge < -0.3 is 9.80 Å². The Hall–Kier alpha value is -0.570. The molecule has 0 atom stereocenters. The molecule has 2 heterocycles. The lowest BCUT2D eigenvalue weighted by Gasteiger charge is -2.52. The van der Waals surface area contributed by atoms with Crippen LogP contribution in [0.3, 0.4) is 0 Å². The zero-order valence-corrected chi connectivity index (χ0v) is 9.04. The van der Waals surface area contributed by atoms with Gasteiger partial charge in [-0.1, -0.05) is 6.92 Å². The zero-order valence-electron chi connectivity index (χ0n) is 9.04. The second-order valence-electron chi connectivity index (χ2n) is 4.85. The maximum Gasteiger partial charge on any atom is 0.209 e. The Labute approximate surface area is 86.1 Å². The summed E-state index contributed by atoms with van der Waals surface area (Å²) < 4.78 is 0. The SMILES string of the molecule is CCCN1CCC2(CC1)CN(C=O)C2. The van der Waals surface area contributed by atoms with E-state index >= 15 is 0 Å². The molecule has 2 aliphatic heterocycles. The molecule has 80 valence electrons. The van der Waals surface area contributed by atoms with E-state index in [1.165, 1.54) is 38.9 Å². The summed E-state index contributed by atoms with van der Waals surface area (Å²) in [4.78, 5) is 14.9. The van der Waals surface area contributed by atoms with Gasteiger partial charge in [-0.25, -0.2) is 0 Å². The number of carbonyl (C=O) groups is 1. The summed E-state index contributed by atoms with van der Waals surface area (Å²) in [5.74, 6) is 0. The quantitative estimate of drug-likeness (QED) is 0.627. The Morgan fingerprint density at radius 2 is 1.93 bits per heavy atom. The van der Waals surface area contributed by atoms with E-state index < -0.39 is 0 Å². The van der Waals surface area contributed by atoms with Gasteiger partial charge in [0.05, 0.1) is 0 Å². The molecule has 2 rings (SSSR count). The van der Waals surface area contributed by atoms with Crippen molar-refractivity contribution in [1.82, 2.24) is 9.80 Å². The third-order valence-corrected chi connectivity index (χ3v) is 3.68. The van der Waals surface area contributed by atoms with Crippen molar-refractivity contribution in [1.29, 1.82) is 0 Å². The van der Waals surface area contributed by atoms with Crippen LogP contribution in [0.25, 0.3) is 0 Å². The zero-order chi connectivity index (χ0) is 10.0. The highest BCUT2D eigenvalue weighted by atomic mass is 16.1. The fourth-order valence-corrected chi connectivity index (χ4v) is 2.77. The second-order valence-corrected chi connectivity index (χ2v) is 4.85. The van der Waals surface area contributed by atoms with Crippen LogP contribution in [0.4, 0.5) is 0 Å². The maximum atomic E-state index is 10.5. The average molecular weight is 196 g/mol. The summed E-state index contributed by atoms with van der Waals surface area (Å²) in [6.45, 7) is 7.98. The Morgan fingerprint density at radius 1 is 1.29 bits per heavy atom. The number of piperidine rings is 1. The fraction of sp³-hybridized carbons (Fsp3) is 0.909. The van der Waals surface area contributed by atoms with E-state index in [4.69, 9.17) is 0 Å². The van der Waals surface area contributed by atoms with Crippen LogP contribution in [0.1, 0.15) is 26.2 Å². The lowest BCUT2D eigenvalue weighted by Crippen LogP contribution is -2.59. The number of likely N-dealkylation sites (tertiary alicyclic amines) is 2. The van der Waals surface area contributed by atoms with Gasteiger partial charge in [-0.15, -0.1) is 0 Å². The third-order valence-electron chi connectivity index (χ3n) is 3.68. The van der Waals surface area contributed by atoms with Crippen LogP contribution in [0.5, 0.6) is 0 Å². The third kappa shape index (κ3) is 1.78. The molecule has 0 aromatic carbocycles. The predicted molar refractivity (Wildman–Crippen MR) is 56.0 cm³/mol. The second kappa shape index (κ2) is 3.89. The minimum atomic E-state index is 0.505. The highest BCUT2D eigenvalue weighted by Crippen LogP contribution is 2.39. The van der Waals surface area contributed by atoms with Crippen LogP contribution in [0, 0.1) is 5.41 Å². The first-order valence-electron chi connectivity index (χ1n) is 5.70. The smallest absolute Gasteiger partial charge is 0.209 e. The molecule has 3 heteroatoms. The first kappa shape index (κ1) is 9.97. The first-order chi connectivity index (χ1) is 6.78. The predicted octanol–water partition coefficient (Wildman–Crippen LogP) is 0.951. The topological polar surface area (TPSA) is 23.6 Å². The molecule has 0 N–H and O–H groups in total. The number of amides is 1. The highest BCUT2D eigenvalue weighted by Gasteiger charge is 2.43. The van der Waals surface area contributed by atoms with Gasteiger partial charge in [0.1, 0.15) is 0 Å². The molecule has 2 aliphatic rings. The van der Waals surface area contributed by atoms with Gasteiger partial charge in [0.25, 0.3) is 0 Å². The van der Waals surface area contributed by atoms with E-state index in [1.54, 1.807) is 0 Å². The lowest BCUT2D eigenvalue weighted by atomic mass is 9.72. The molecule has 0 saturated carbocycles. The number of hydrogen-bond donors (Lipinski definition) is 0. The molecule has 1 spiro atoms. The average Bonchev–Trinajstić information content (AvgIpc) is 2.16. The number of carbonyl (C=O) groups excluding carboxylic acids is 1. The molecule has 14 heavy (non-hydrogen) atoms. The summed E-state index contributed by atoms with van der Waals surface area (Å²) in [6.07, 6.45) is 4.83. The molecule has 1 amide bonds. The van der Waals surface area contributed by atoms with Gasteiger partial charge in [0, 0.05) is 18.5 Å². The van der Waals surface area contributed by atoms with Crippen LogP contribution in [-0.2, 0) is 4.79 Å². The van der Waals surface area contributed by atoms with Crippen LogP contribution < -0.4 is 0 Å². The first-order valence-corrected chi connectivity index (χ1v) is 5.70. The molecule has 0 bridgehead atoms. The summed E-state index contributed by atoms with van der Waals surface area (Å²) in [7, 11) is 0. The minimum absolute atomic E-state index is 0.505. The lowest BCUT2D eigenvalue weighted by molar-refractivity contribution is -0.132. The van der Waals surface area contributed by atoms with Crippen molar-refractivity contribution in [2.45, 2.75) is 26.2 Å². The van der Waals surface area contributed by atoms with Crippen molar-refractivity contribution in [3.8, 4) is 0 Å². The van der Waals surface area contributed by atoms with Crippen molar-refractivity contribution in [2.75, 3.05) is 32.7 Å². The fourth-order valence-electron chi connectivity index (χ4n) is 2.77. The van der Waals surface area contributed by atoms with Crippen LogP contribution in [-0.4, -0.2) is 48.9 Å².